The number of aryl methyl sites for hydroxylation is 1. The highest BCUT2D eigenvalue weighted by molar-refractivity contribution is 6.00. The number of ketones is 1. The molecule has 152 valence electrons. The van der Waals surface area contributed by atoms with Crippen molar-refractivity contribution in [2.24, 2.45) is 5.92 Å². The van der Waals surface area contributed by atoms with Crippen LogP contribution in [-0.4, -0.2) is 29.7 Å². The van der Waals surface area contributed by atoms with Gasteiger partial charge in [0.2, 0.25) is 5.91 Å². The number of benzene rings is 2. The van der Waals surface area contributed by atoms with Gasteiger partial charge in [0.25, 0.3) is 0 Å². The predicted octanol–water partition coefficient (Wildman–Crippen LogP) is 4.81. The zero-order chi connectivity index (χ0) is 20.5. The molecule has 1 atom stereocenters. The van der Waals surface area contributed by atoms with Gasteiger partial charge in [-0.05, 0) is 61.8 Å². The van der Waals surface area contributed by atoms with E-state index in [2.05, 4.69) is 0 Å². The van der Waals surface area contributed by atoms with Gasteiger partial charge in [0.05, 0.1) is 0 Å². The van der Waals surface area contributed by atoms with Crippen LogP contribution in [0.15, 0.2) is 36.4 Å². The zero-order valence-electron chi connectivity index (χ0n) is 16.6. The molecule has 3 nitrogen and oxygen atoms in total. The van der Waals surface area contributed by atoms with Gasteiger partial charge >= 0.3 is 0 Å². The van der Waals surface area contributed by atoms with Crippen LogP contribution >= 0.6 is 0 Å². The largest absolute Gasteiger partial charge is 0.342 e. The van der Waals surface area contributed by atoms with Gasteiger partial charge in [-0.2, -0.15) is 0 Å². The maximum Gasteiger partial charge on any atom is 0.226 e. The van der Waals surface area contributed by atoms with Crippen molar-refractivity contribution in [1.82, 2.24) is 4.90 Å². The summed E-state index contributed by atoms with van der Waals surface area (Å²) in [6.45, 7) is 2.93. The third-order valence-electron chi connectivity index (χ3n) is 6.45. The Labute approximate surface area is 169 Å². The molecule has 0 N–H and O–H groups in total. The Kier molecular flexibility index (Phi) is 5.48. The monoisotopic (exact) mass is 397 g/mol. The fourth-order valence-electron chi connectivity index (χ4n) is 4.81. The van der Waals surface area contributed by atoms with Crippen LogP contribution in [-0.2, 0) is 11.2 Å². The van der Waals surface area contributed by atoms with Crippen molar-refractivity contribution in [3.05, 3.63) is 70.3 Å². The Morgan fingerprint density at radius 2 is 1.66 bits per heavy atom. The fourth-order valence-corrected chi connectivity index (χ4v) is 4.81. The second-order valence-corrected chi connectivity index (χ2v) is 8.20. The third-order valence-corrected chi connectivity index (χ3v) is 6.45. The van der Waals surface area contributed by atoms with Gasteiger partial charge in [0.15, 0.2) is 5.78 Å². The van der Waals surface area contributed by atoms with Gasteiger partial charge in [-0.1, -0.05) is 24.3 Å². The Hall–Kier alpha value is -2.56. The molecule has 0 saturated carbocycles. The summed E-state index contributed by atoms with van der Waals surface area (Å²) in [4.78, 5) is 27.6. The van der Waals surface area contributed by atoms with E-state index in [4.69, 9.17) is 0 Å². The first-order valence-electron chi connectivity index (χ1n) is 10.3. The molecule has 1 amide bonds. The number of carbonyl (C=O) groups is 2. The molecule has 0 aromatic heterocycles. The highest BCUT2D eigenvalue weighted by Gasteiger charge is 2.33. The van der Waals surface area contributed by atoms with Gasteiger partial charge in [-0.15, -0.1) is 0 Å². The molecule has 1 heterocycles. The van der Waals surface area contributed by atoms with Gasteiger partial charge < -0.3 is 4.90 Å². The minimum Gasteiger partial charge on any atom is -0.342 e. The maximum absolute atomic E-state index is 14.1. The molecule has 29 heavy (non-hydrogen) atoms. The van der Waals surface area contributed by atoms with E-state index in [1.807, 2.05) is 25.1 Å². The number of nitrogens with zero attached hydrogens (tertiary/aromatic N) is 1. The third kappa shape index (κ3) is 3.83. The summed E-state index contributed by atoms with van der Waals surface area (Å²) in [6.07, 6.45) is 2.68. The van der Waals surface area contributed by atoms with E-state index >= 15 is 0 Å². The molecule has 1 fully saturated rings. The van der Waals surface area contributed by atoms with Gasteiger partial charge in [-0.25, -0.2) is 8.78 Å². The second-order valence-electron chi connectivity index (χ2n) is 8.20. The van der Waals surface area contributed by atoms with Crippen LogP contribution in [0.4, 0.5) is 8.78 Å². The molecule has 1 aliphatic heterocycles. The summed E-state index contributed by atoms with van der Waals surface area (Å²) in [6, 6.07) is 9.68. The van der Waals surface area contributed by atoms with Crippen molar-refractivity contribution < 1.29 is 18.4 Å². The SMILES string of the molecule is Cc1cccc2c1CCC(C(=O)N1CCC(c3c(F)cccc3F)CC1)CC2=O. The van der Waals surface area contributed by atoms with Crippen molar-refractivity contribution in [1.29, 1.82) is 0 Å². The summed E-state index contributed by atoms with van der Waals surface area (Å²) in [5.41, 5.74) is 3.03. The van der Waals surface area contributed by atoms with Crippen molar-refractivity contribution in [2.45, 2.75) is 44.9 Å². The molecule has 5 heteroatoms. The van der Waals surface area contributed by atoms with Gasteiger partial charge in [0, 0.05) is 36.6 Å². The second kappa shape index (κ2) is 8.05. The number of hydrogen-bond acceptors (Lipinski definition) is 2. The van der Waals surface area contributed by atoms with Crippen molar-refractivity contribution in [3.63, 3.8) is 0 Å². The molecule has 0 spiro atoms. The number of likely N-dealkylation sites (tertiary alicyclic amines) is 1. The fraction of sp³-hybridized carbons (Fsp3) is 0.417. The van der Waals surface area contributed by atoms with E-state index in [-0.39, 0.29) is 35.5 Å². The number of rotatable bonds is 2. The summed E-state index contributed by atoms with van der Waals surface area (Å²) < 4.78 is 28.1. The van der Waals surface area contributed by atoms with E-state index in [0.717, 1.165) is 23.1 Å². The molecular weight excluding hydrogens is 372 g/mol. The molecule has 1 aliphatic carbocycles. The molecule has 2 aliphatic rings. The number of halogens is 2. The zero-order valence-corrected chi connectivity index (χ0v) is 16.6. The molecule has 1 saturated heterocycles. The smallest absolute Gasteiger partial charge is 0.226 e. The van der Waals surface area contributed by atoms with E-state index in [0.29, 0.717) is 32.4 Å². The van der Waals surface area contributed by atoms with Crippen molar-refractivity contribution in [2.75, 3.05) is 13.1 Å². The van der Waals surface area contributed by atoms with Crippen LogP contribution in [0, 0.1) is 24.5 Å². The molecule has 4 rings (SSSR count). The molecule has 0 bridgehead atoms. The predicted molar refractivity (Wildman–Crippen MR) is 107 cm³/mol. The number of hydrogen-bond donors (Lipinski definition) is 0. The van der Waals surface area contributed by atoms with Crippen LogP contribution < -0.4 is 0 Å². The highest BCUT2D eigenvalue weighted by atomic mass is 19.1. The first-order valence-corrected chi connectivity index (χ1v) is 10.3. The quantitative estimate of drug-likeness (QED) is 0.682. The summed E-state index contributed by atoms with van der Waals surface area (Å²) in [7, 11) is 0. The van der Waals surface area contributed by atoms with Crippen LogP contribution in [0.5, 0.6) is 0 Å². The topological polar surface area (TPSA) is 37.4 Å². The number of fused-ring (bicyclic) bond motifs is 1. The van der Waals surface area contributed by atoms with E-state index < -0.39 is 11.6 Å². The van der Waals surface area contributed by atoms with E-state index in [1.165, 1.54) is 18.2 Å². The van der Waals surface area contributed by atoms with Crippen LogP contribution in [0.25, 0.3) is 0 Å². The molecule has 1 unspecified atom stereocenters. The Morgan fingerprint density at radius 3 is 2.34 bits per heavy atom. The first-order chi connectivity index (χ1) is 14.0. The maximum atomic E-state index is 14.1. The Bertz CT molecular complexity index is 928. The number of Topliss-reactive ketones (excluding diaryl/α,β-unsaturated/α-hetero) is 1. The molecular formula is C24H25F2NO2. The van der Waals surface area contributed by atoms with Crippen LogP contribution in [0.2, 0.25) is 0 Å². The Balaban J connectivity index is 1.43. The lowest BCUT2D eigenvalue weighted by molar-refractivity contribution is -0.136. The minimum absolute atomic E-state index is 0.00346. The number of amides is 1. The van der Waals surface area contributed by atoms with Crippen LogP contribution in [0.3, 0.4) is 0 Å². The molecule has 2 aromatic rings. The molecule has 2 aromatic carbocycles. The average Bonchev–Trinajstić information content (AvgIpc) is 2.88. The minimum atomic E-state index is -0.516. The standard InChI is InChI=1S/C24H25F2NO2/c1-15-4-2-5-19-18(15)9-8-17(14-22(19)28)24(29)27-12-10-16(11-13-27)23-20(25)6-3-7-21(23)26/h2-7,16-17H,8-14H2,1H3. The van der Waals surface area contributed by atoms with Crippen LogP contribution in [0.1, 0.15) is 58.6 Å². The Morgan fingerprint density at radius 1 is 1.00 bits per heavy atom. The van der Waals surface area contributed by atoms with Gasteiger partial charge in [0.1, 0.15) is 11.6 Å². The van der Waals surface area contributed by atoms with E-state index in [1.54, 1.807) is 4.90 Å². The first kappa shape index (κ1) is 19.7. The lowest BCUT2D eigenvalue weighted by atomic mass is 9.87. The molecule has 0 radical (unpaired) electrons. The number of piperidine rings is 1. The number of carbonyl (C=O) groups excluding carboxylic acids is 2. The lowest BCUT2D eigenvalue weighted by Gasteiger charge is -2.34. The summed E-state index contributed by atoms with van der Waals surface area (Å²) >= 11 is 0. The van der Waals surface area contributed by atoms with E-state index in [9.17, 15) is 18.4 Å². The summed E-state index contributed by atoms with van der Waals surface area (Å²) in [5, 5.41) is 0. The normalized spacial score (nSPS) is 20.3. The highest BCUT2D eigenvalue weighted by Crippen LogP contribution is 2.34. The van der Waals surface area contributed by atoms with Gasteiger partial charge in [-0.3, -0.25) is 9.59 Å². The van der Waals surface area contributed by atoms with Crippen molar-refractivity contribution in [3.8, 4) is 0 Å². The average molecular weight is 397 g/mol. The summed E-state index contributed by atoms with van der Waals surface area (Å²) in [5.74, 6) is -1.55. The van der Waals surface area contributed by atoms with Crippen molar-refractivity contribution >= 4 is 11.7 Å². The lowest BCUT2D eigenvalue weighted by Crippen LogP contribution is -2.42.